The van der Waals surface area contributed by atoms with Crippen LogP contribution >= 0.6 is 0 Å². The molecular weight excluding hydrogens is 268 g/mol. The largest absolute Gasteiger partial charge is 0.480 e. The molecule has 1 unspecified atom stereocenters. The molecule has 0 aromatic heterocycles. The molecule has 120 valence electrons. The topological polar surface area (TPSA) is 69.6 Å². The summed E-state index contributed by atoms with van der Waals surface area (Å²) >= 11 is 0. The standard InChI is InChI=1S/C16H28N2O3/c19-15(17-13-8-4-2-1-3-5-9-13)12-18-11-7-6-10-14(18)16(20)21/h13-14H,1-12H2,(H,17,19)(H,20,21). The fourth-order valence-corrected chi connectivity index (χ4v) is 3.52. The molecule has 1 heterocycles. The number of nitrogens with zero attached hydrogens (tertiary/aromatic N) is 1. The minimum Gasteiger partial charge on any atom is -0.480 e. The quantitative estimate of drug-likeness (QED) is 0.834. The maximum atomic E-state index is 12.2. The van der Waals surface area contributed by atoms with Gasteiger partial charge in [-0.05, 0) is 32.2 Å². The van der Waals surface area contributed by atoms with Crippen molar-refractivity contribution in [3.8, 4) is 0 Å². The minimum atomic E-state index is -0.798. The zero-order chi connectivity index (χ0) is 15.1. The molecule has 2 rings (SSSR count). The summed E-state index contributed by atoms with van der Waals surface area (Å²) in [5.74, 6) is -0.804. The monoisotopic (exact) mass is 296 g/mol. The Balaban J connectivity index is 1.80. The average Bonchev–Trinajstić information content (AvgIpc) is 2.42. The molecule has 21 heavy (non-hydrogen) atoms. The number of carboxylic acid groups (broad SMARTS) is 1. The van der Waals surface area contributed by atoms with Gasteiger partial charge in [0.05, 0.1) is 6.54 Å². The molecule has 0 radical (unpaired) electrons. The minimum absolute atomic E-state index is 0.00581. The van der Waals surface area contributed by atoms with Crippen LogP contribution in [0.3, 0.4) is 0 Å². The number of piperidine rings is 1. The molecule has 0 aromatic rings. The molecule has 1 aliphatic heterocycles. The zero-order valence-corrected chi connectivity index (χ0v) is 12.9. The summed E-state index contributed by atoms with van der Waals surface area (Å²) in [6, 6.07) is -0.201. The van der Waals surface area contributed by atoms with E-state index in [1.165, 1.54) is 32.1 Å². The van der Waals surface area contributed by atoms with Gasteiger partial charge in [-0.3, -0.25) is 14.5 Å². The fourth-order valence-electron chi connectivity index (χ4n) is 3.52. The highest BCUT2D eigenvalue weighted by atomic mass is 16.4. The van der Waals surface area contributed by atoms with Gasteiger partial charge in [-0.15, -0.1) is 0 Å². The van der Waals surface area contributed by atoms with Crippen LogP contribution in [0.1, 0.15) is 64.2 Å². The van der Waals surface area contributed by atoms with Crippen molar-refractivity contribution < 1.29 is 14.7 Å². The molecular formula is C16H28N2O3. The van der Waals surface area contributed by atoms with Crippen LogP contribution in [0, 0.1) is 0 Å². The summed E-state index contributed by atoms with van der Waals surface area (Å²) in [5, 5.41) is 12.4. The van der Waals surface area contributed by atoms with Crippen LogP contribution in [0.2, 0.25) is 0 Å². The molecule has 1 aliphatic carbocycles. The van der Waals surface area contributed by atoms with Crippen molar-refractivity contribution in [1.82, 2.24) is 10.2 Å². The number of carbonyl (C=O) groups is 2. The molecule has 1 amide bonds. The van der Waals surface area contributed by atoms with E-state index in [9.17, 15) is 14.7 Å². The smallest absolute Gasteiger partial charge is 0.320 e. The van der Waals surface area contributed by atoms with Crippen molar-refractivity contribution in [2.45, 2.75) is 76.3 Å². The highest BCUT2D eigenvalue weighted by Gasteiger charge is 2.30. The molecule has 1 saturated heterocycles. The van der Waals surface area contributed by atoms with Crippen LogP contribution in [0.15, 0.2) is 0 Å². The number of amides is 1. The summed E-state index contributed by atoms with van der Waals surface area (Å²) in [6.07, 6.45) is 10.9. The lowest BCUT2D eigenvalue weighted by molar-refractivity contribution is -0.145. The normalized spacial score (nSPS) is 25.8. The Labute approximate surface area is 127 Å². The second-order valence-electron chi connectivity index (χ2n) is 6.43. The molecule has 5 heteroatoms. The lowest BCUT2D eigenvalue weighted by Crippen LogP contribution is -2.50. The molecule has 2 aliphatic rings. The number of likely N-dealkylation sites (tertiary alicyclic amines) is 1. The van der Waals surface area contributed by atoms with E-state index < -0.39 is 12.0 Å². The summed E-state index contributed by atoms with van der Waals surface area (Å²) in [7, 11) is 0. The average molecular weight is 296 g/mol. The van der Waals surface area contributed by atoms with Gasteiger partial charge < -0.3 is 10.4 Å². The Morgan fingerprint density at radius 3 is 2.24 bits per heavy atom. The van der Waals surface area contributed by atoms with Crippen LogP contribution in [-0.2, 0) is 9.59 Å². The molecule has 5 nitrogen and oxygen atoms in total. The third-order valence-electron chi connectivity index (χ3n) is 4.72. The Morgan fingerprint density at radius 2 is 1.57 bits per heavy atom. The number of rotatable bonds is 4. The van der Waals surface area contributed by atoms with Gasteiger partial charge in [0, 0.05) is 6.04 Å². The molecule has 1 atom stereocenters. The van der Waals surface area contributed by atoms with E-state index in [0.29, 0.717) is 6.42 Å². The van der Waals surface area contributed by atoms with E-state index in [1.54, 1.807) is 0 Å². The van der Waals surface area contributed by atoms with Crippen molar-refractivity contribution >= 4 is 11.9 Å². The molecule has 2 N–H and O–H groups in total. The predicted molar refractivity (Wildman–Crippen MR) is 81.1 cm³/mol. The third kappa shape index (κ3) is 5.30. The first kappa shape index (κ1) is 16.3. The van der Waals surface area contributed by atoms with Crippen LogP contribution in [0.5, 0.6) is 0 Å². The van der Waals surface area contributed by atoms with E-state index >= 15 is 0 Å². The molecule has 0 spiro atoms. The number of nitrogens with one attached hydrogen (secondary N) is 1. The fraction of sp³-hybridized carbons (Fsp3) is 0.875. The maximum absolute atomic E-state index is 12.2. The van der Waals surface area contributed by atoms with Gasteiger partial charge in [0.25, 0.3) is 0 Å². The van der Waals surface area contributed by atoms with Crippen molar-refractivity contribution in [3.63, 3.8) is 0 Å². The van der Waals surface area contributed by atoms with Crippen LogP contribution in [0.4, 0.5) is 0 Å². The number of hydrogen-bond donors (Lipinski definition) is 2. The van der Waals surface area contributed by atoms with Crippen LogP contribution in [-0.4, -0.2) is 47.1 Å². The third-order valence-corrected chi connectivity index (χ3v) is 4.72. The summed E-state index contributed by atoms with van der Waals surface area (Å²) in [6.45, 7) is 0.947. The van der Waals surface area contributed by atoms with E-state index in [1.807, 2.05) is 4.90 Å². The molecule has 1 saturated carbocycles. The van der Waals surface area contributed by atoms with Crippen molar-refractivity contribution in [2.75, 3.05) is 13.1 Å². The van der Waals surface area contributed by atoms with Crippen molar-refractivity contribution in [2.24, 2.45) is 0 Å². The van der Waals surface area contributed by atoms with Gasteiger partial charge in [0.1, 0.15) is 6.04 Å². The van der Waals surface area contributed by atoms with Gasteiger partial charge in [0.15, 0.2) is 0 Å². The lowest BCUT2D eigenvalue weighted by Gasteiger charge is -2.32. The summed E-state index contributed by atoms with van der Waals surface area (Å²) in [5.41, 5.74) is 0. The highest BCUT2D eigenvalue weighted by Crippen LogP contribution is 2.18. The zero-order valence-electron chi connectivity index (χ0n) is 12.9. The number of aliphatic carboxylic acids is 1. The predicted octanol–water partition coefficient (Wildman–Crippen LogP) is 2.15. The van der Waals surface area contributed by atoms with Crippen LogP contribution in [0.25, 0.3) is 0 Å². The van der Waals surface area contributed by atoms with Gasteiger partial charge in [-0.25, -0.2) is 0 Å². The first-order valence-electron chi connectivity index (χ1n) is 8.43. The molecule has 0 aromatic carbocycles. The summed E-state index contributed by atoms with van der Waals surface area (Å²) in [4.78, 5) is 25.3. The van der Waals surface area contributed by atoms with Gasteiger partial charge >= 0.3 is 5.97 Å². The Morgan fingerprint density at radius 1 is 0.952 bits per heavy atom. The Kier molecular flexibility index (Phi) is 6.49. The van der Waals surface area contributed by atoms with Crippen molar-refractivity contribution in [3.05, 3.63) is 0 Å². The maximum Gasteiger partial charge on any atom is 0.320 e. The number of carboxylic acids is 1. The van der Waals surface area contributed by atoms with Gasteiger partial charge in [-0.1, -0.05) is 38.5 Å². The van der Waals surface area contributed by atoms with Gasteiger partial charge in [-0.2, -0.15) is 0 Å². The second-order valence-corrected chi connectivity index (χ2v) is 6.43. The highest BCUT2D eigenvalue weighted by molar-refractivity contribution is 5.80. The summed E-state index contributed by atoms with van der Waals surface area (Å²) < 4.78 is 0. The van der Waals surface area contributed by atoms with Crippen molar-refractivity contribution in [1.29, 1.82) is 0 Å². The second kappa shape index (κ2) is 8.37. The van der Waals surface area contributed by atoms with E-state index in [0.717, 1.165) is 32.2 Å². The molecule has 2 fully saturated rings. The Hall–Kier alpha value is -1.10. The van der Waals surface area contributed by atoms with Crippen LogP contribution < -0.4 is 5.32 Å². The van der Waals surface area contributed by atoms with E-state index in [4.69, 9.17) is 0 Å². The number of hydrogen-bond acceptors (Lipinski definition) is 3. The first-order chi connectivity index (χ1) is 10.2. The first-order valence-corrected chi connectivity index (χ1v) is 8.43. The van der Waals surface area contributed by atoms with E-state index in [2.05, 4.69) is 5.32 Å². The molecule has 0 bridgehead atoms. The van der Waals surface area contributed by atoms with E-state index in [-0.39, 0.29) is 18.5 Å². The number of carbonyl (C=O) groups excluding carboxylic acids is 1. The SMILES string of the molecule is O=C(CN1CCCCC1C(=O)O)NC1CCCCCCC1. The Bertz CT molecular complexity index is 351. The van der Waals surface area contributed by atoms with Gasteiger partial charge in [0.2, 0.25) is 5.91 Å². The lowest BCUT2D eigenvalue weighted by atomic mass is 9.96.